The zero-order valence-corrected chi connectivity index (χ0v) is 29.3. The lowest BCUT2D eigenvalue weighted by Crippen LogP contribution is -2.50. The van der Waals surface area contributed by atoms with E-state index in [1.165, 1.54) is 11.1 Å². The van der Waals surface area contributed by atoms with Crippen molar-refractivity contribution in [3.05, 3.63) is 46.0 Å². The van der Waals surface area contributed by atoms with E-state index in [2.05, 4.69) is 29.7 Å². The van der Waals surface area contributed by atoms with Gasteiger partial charge in [-0.1, -0.05) is 19.6 Å². The molecule has 0 unspecified atom stereocenters. The third-order valence-electron chi connectivity index (χ3n) is 7.20. The first-order valence-corrected chi connectivity index (χ1v) is 19.3. The molecule has 2 aromatic rings. The molecular weight excluding hydrogens is 651 g/mol. The Labute approximate surface area is 279 Å². The molecule has 0 aromatic carbocycles. The summed E-state index contributed by atoms with van der Waals surface area (Å²) in [6, 6.07) is 6.22. The van der Waals surface area contributed by atoms with Gasteiger partial charge in [0.25, 0.3) is 5.56 Å². The van der Waals surface area contributed by atoms with Crippen LogP contribution in [0.5, 0.6) is 5.75 Å². The number of ether oxygens (including phenoxy) is 3. The van der Waals surface area contributed by atoms with Crippen LogP contribution >= 0.6 is 0 Å². The smallest absolute Gasteiger partial charge is 0.425 e. The minimum Gasteiger partial charge on any atom is -0.489 e. The molecule has 3 heterocycles. The van der Waals surface area contributed by atoms with Crippen LogP contribution in [-0.2, 0) is 27.2 Å². The molecule has 1 aliphatic rings. The van der Waals surface area contributed by atoms with Gasteiger partial charge in [-0.3, -0.25) is 9.59 Å². The number of anilines is 1. The average Bonchev–Trinajstić information content (AvgIpc) is 2.99. The second kappa shape index (κ2) is 16.3. The van der Waals surface area contributed by atoms with E-state index in [9.17, 15) is 27.6 Å². The van der Waals surface area contributed by atoms with Crippen LogP contribution in [0, 0.1) is 11.3 Å². The maximum Gasteiger partial charge on any atom is 0.425 e. The van der Waals surface area contributed by atoms with E-state index in [1.807, 2.05) is 11.0 Å². The number of amides is 2. The molecule has 17 heteroatoms. The van der Waals surface area contributed by atoms with Gasteiger partial charge >= 0.3 is 12.3 Å². The summed E-state index contributed by atoms with van der Waals surface area (Å²) in [5, 5.41) is 12.8. The van der Waals surface area contributed by atoms with E-state index >= 15 is 0 Å². The number of aromatic nitrogens is 3. The monoisotopic (exact) mass is 695 g/mol. The van der Waals surface area contributed by atoms with Gasteiger partial charge in [-0.2, -0.15) is 23.5 Å². The molecular formula is C31H44F3N7O6Si. The molecule has 0 spiro atoms. The number of piperazine rings is 1. The highest BCUT2D eigenvalue weighted by Gasteiger charge is 2.39. The predicted octanol–water partition coefficient (Wildman–Crippen LogP) is 4.20. The van der Waals surface area contributed by atoms with Gasteiger partial charge in [-0.15, -0.1) is 0 Å². The van der Waals surface area contributed by atoms with Gasteiger partial charge in [0.15, 0.2) is 11.3 Å². The molecule has 48 heavy (non-hydrogen) atoms. The molecule has 3 rings (SSSR count). The summed E-state index contributed by atoms with van der Waals surface area (Å²) >= 11 is 0. The van der Waals surface area contributed by atoms with Crippen LogP contribution in [0.25, 0.3) is 0 Å². The molecule has 0 bridgehead atoms. The largest absolute Gasteiger partial charge is 0.489 e. The van der Waals surface area contributed by atoms with Crippen LogP contribution in [0.1, 0.15) is 38.3 Å². The van der Waals surface area contributed by atoms with Crippen LogP contribution in [0.15, 0.2) is 29.3 Å². The van der Waals surface area contributed by atoms with Crippen LogP contribution in [-0.4, -0.2) is 103 Å². The number of halogens is 3. The molecule has 264 valence electrons. The average molecular weight is 696 g/mol. The zero-order chi connectivity index (χ0) is 35.7. The highest BCUT2D eigenvalue weighted by molar-refractivity contribution is 6.76. The Morgan fingerprint density at radius 1 is 1.04 bits per heavy atom. The van der Waals surface area contributed by atoms with E-state index in [1.54, 1.807) is 37.8 Å². The first-order valence-electron chi connectivity index (χ1n) is 15.6. The van der Waals surface area contributed by atoms with Gasteiger partial charge in [0, 0.05) is 60.0 Å². The molecule has 1 fully saturated rings. The van der Waals surface area contributed by atoms with Gasteiger partial charge in [0.2, 0.25) is 5.91 Å². The number of nitrogens with zero attached hydrogens (tertiary/aromatic N) is 7. The summed E-state index contributed by atoms with van der Waals surface area (Å²) in [5.74, 6) is -0.291. The van der Waals surface area contributed by atoms with Crippen molar-refractivity contribution in [3.8, 4) is 11.8 Å². The van der Waals surface area contributed by atoms with Crippen molar-refractivity contribution in [2.45, 2.75) is 71.4 Å². The summed E-state index contributed by atoms with van der Waals surface area (Å²) in [7, 11) is -1.45. The number of rotatable bonds is 13. The SMILES string of the molecule is CC(C)(C)OC(=O)N(CCOc1cnn(COCC[Si](C)(C)C)c(=O)c1C(F)(F)F)CCC(=O)N1CCN(c2ccc(C#N)cn2)CC1. The summed E-state index contributed by atoms with van der Waals surface area (Å²) in [6.45, 7) is 12.4. The summed E-state index contributed by atoms with van der Waals surface area (Å²) in [6.07, 6.45) is -3.57. The van der Waals surface area contributed by atoms with E-state index in [0.29, 0.717) is 48.8 Å². The summed E-state index contributed by atoms with van der Waals surface area (Å²) in [5.41, 5.74) is -3.35. The Kier molecular flexibility index (Phi) is 13.0. The predicted molar refractivity (Wildman–Crippen MR) is 173 cm³/mol. The fourth-order valence-corrected chi connectivity index (χ4v) is 5.32. The van der Waals surface area contributed by atoms with Crippen molar-refractivity contribution >= 4 is 25.9 Å². The Balaban J connectivity index is 1.62. The van der Waals surface area contributed by atoms with Crippen molar-refractivity contribution in [3.63, 3.8) is 0 Å². The fraction of sp³-hybridized carbons (Fsp3) is 0.613. The summed E-state index contributed by atoms with van der Waals surface area (Å²) in [4.78, 5) is 47.9. The van der Waals surface area contributed by atoms with Crippen LogP contribution in [0.2, 0.25) is 25.7 Å². The van der Waals surface area contributed by atoms with Crippen molar-refractivity contribution < 1.29 is 37.0 Å². The maximum atomic E-state index is 14.0. The second-order valence-corrected chi connectivity index (χ2v) is 19.1. The minimum atomic E-state index is -5.03. The highest BCUT2D eigenvalue weighted by Crippen LogP contribution is 2.33. The number of nitriles is 1. The van der Waals surface area contributed by atoms with Gasteiger partial charge in [-0.05, 0) is 38.9 Å². The van der Waals surface area contributed by atoms with Crippen LogP contribution in [0.3, 0.4) is 0 Å². The quantitative estimate of drug-likeness (QED) is 0.221. The van der Waals surface area contributed by atoms with E-state index < -0.39 is 56.2 Å². The molecule has 2 aromatic heterocycles. The Bertz CT molecular complexity index is 1490. The number of alkyl halides is 3. The second-order valence-electron chi connectivity index (χ2n) is 13.5. The van der Waals surface area contributed by atoms with E-state index in [4.69, 9.17) is 19.5 Å². The van der Waals surface area contributed by atoms with E-state index in [0.717, 1.165) is 12.2 Å². The van der Waals surface area contributed by atoms with Gasteiger partial charge in [0.05, 0.1) is 18.3 Å². The normalized spacial score (nSPS) is 14.0. The molecule has 0 N–H and O–H groups in total. The molecule has 13 nitrogen and oxygen atoms in total. The standard InChI is InChI=1S/C31H44F3N7O6Si/c1-30(2,3)47-29(44)40(10-9-26(42)39-13-11-38(12-14-39)25-8-7-23(19-35)20-36-25)15-16-46-24-21-37-41(22-45-17-18-48(4,5)6)28(43)27(24)31(32,33)34/h7-8,20-21H,9-18,22H2,1-6H3. The Hall–Kier alpha value is -4.17. The number of carbonyl (C=O) groups excluding carboxylic acids is 2. The first-order chi connectivity index (χ1) is 22.4. The lowest BCUT2D eigenvalue weighted by molar-refractivity contribution is -0.141. The number of hydrogen-bond acceptors (Lipinski definition) is 10. The molecule has 1 saturated heterocycles. The van der Waals surface area contributed by atoms with Crippen molar-refractivity contribution in [1.29, 1.82) is 5.26 Å². The van der Waals surface area contributed by atoms with Gasteiger partial charge in [0.1, 0.15) is 30.8 Å². The maximum absolute atomic E-state index is 14.0. The lowest BCUT2D eigenvalue weighted by atomic mass is 10.2. The molecule has 0 radical (unpaired) electrons. The first kappa shape index (κ1) is 38.3. The number of hydrogen-bond donors (Lipinski definition) is 0. The third-order valence-corrected chi connectivity index (χ3v) is 8.91. The van der Waals surface area contributed by atoms with Gasteiger partial charge in [-0.25, -0.2) is 14.5 Å². The third kappa shape index (κ3) is 11.8. The lowest BCUT2D eigenvalue weighted by Gasteiger charge is -2.36. The minimum absolute atomic E-state index is 0.0581. The van der Waals surface area contributed by atoms with Crippen molar-refractivity contribution in [1.82, 2.24) is 24.6 Å². The number of pyridine rings is 1. The fourth-order valence-electron chi connectivity index (χ4n) is 4.56. The molecule has 0 atom stereocenters. The Morgan fingerprint density at radius 2 is 1.73 bits per heavy atom. The van der Waals surface area contributed by atoms with Gasteiger partial charge < -0.3 is 28.9 Å². The van der Waals surface area contributed by atoms with E-state index in [-0.39, 0.29) is 25.4 Å². The molecule has 2 amide bonds. The molecule has 1 aliphatic heterocycles. The molecule has 0 aliphatic carbocycles. The topological polar surface area (TPSA) is 143 Å². The van der Waals surface area contributed by atoms with Crippen LogP contribution < -0.4 is 15.2 Å². The highest BCUT2D eigenvalue weighted by atomic mass is 28.3. The summed E-state index contributed by atoms with van der Waals surface area (Å²) < 4.78 is 58.7. The van der Waals surface area contributed by atoms with Crippen molar-refractivity contribution in [2.24, 2.45) is 0 Å². The van der Waals surface area contributed by atoms with Crippen LogP contribution in [0.4, 0.5) is 23.8 Å². The zero-order valence-electron chi connectivity index (χ0n) is 28.3. The Morgan fingerprint density at radius 3 is 2.29 bits per heavy atom. The molecule has 0 saturated carbocycles. The number of carbonyl (C=O) groups is 2. The van der Waals surface area contributed by atoms with Crippen molar-refractivity contribution in [2.75, 3.05) is 57.4 Å².